The molecule has 0 saturated heterocycles. The Morgan fingerprint density at radius 3 is 1.79 bits per heavy atom. The average molecular weight is 529 g/mol. The van der Waals surface area contributed by atoms with Gasteiger partial charge in [0.05, 0.1) is 27.0 Å². The summed E-state index contributed by atoms with van der Waals surface area (Å²) in [4.78, 5) is 29.2. The monoisotopic (exact) mass is 528 g/mol. The molecule has 0 aliphatic heterocycles. The van der Waals surface area contributed by atoms with Crippen LogP contribution in [0, 0.1) is 25.7 Å². The number of amides is 2. The maximum Gasteiger partial charge on any atom is 0.304 e. The van der Waals surface area contributed by atoms with E-state index in [4.69, 9.17) is 14.2 Å². The number of aryl methyl sites for hydroxylation is 2. The van der Waals surface area contributed by atoms with Crippen molar-refractivity contribution in [1.82, 2.24) is 5.32 Å². The Morgan fingerprint density at radius 2 is 1.33 bits per heavy atom. The first-order valence-corrected chi connectivity index (χ1v) is 12.6. The van der Waals surface area contributed by atoms with Crippen LogP contribution in [0.15, 0.2) is 60.7 Å². The molecule has 0 bridgehead atoms. The van der Waals surface area contributed by atoms with Gasteiger partial charge in [0.25, 0.3) is 0 Å². The van der Waals surface area contributed by atoms with Crippen LogP contribution in [0.5, 0.6) is 17.2 Å². The molecule has 204 valence electrons. The maximum atomic E-state index is 13.9. The molecule has 7 nitrogen and oxygen atoms in total. The predicted octanol–water partition coefficient (Wildman–Crippen LogP) is 5.37. The number of benzene rings is 3. The highest BCUT2D eigenvalue weighted by atomic mass is 16.5. The van der Waals surface area contributed by atoms with Crippen molar-refractivity contribution in [2.45, 2.75) is 46.2 Å². The highest BCUT2D eigenvalue weighted by molar-refractivity contribution is 6.10. The van der Waals surface area contributed by atoms with Gasteiger partial charge in [0.15, 0.2) is 11.5 Å². The molecule has 0 spiro atoms. The lowest BCUT2D eigenvalue weighted by atomic mass is 9.99. The number of nitrogens with zero attached hydrogens (tertiary/aromatic N) is 1. The van der Waals surface area contributed by atoms with Crippen LogP contribution < -0.4 is 24.4 Å². The van der Waals surface area contributed by atoms with Gasteiger partial charge in [-0.05, 0) is 52.3 Å². The van der Waals surface area contributed by atoms with Crippen LogP contribution in [0.2, 0.25) is 0 Å². The first-order chi connectivity index (χ1) is 18.5. The highest BCUT2D eigenvalue weighted by Gasteiger charge is 2.35. The van der Waals surface area contributed by atoms with Crippen LogP contribution in [-0.4, -0.2) is 38.7 Å². The Kier molecular flexibility index (Phi) is 9.26. The summed E-state index contributed by atoms with van der Waals surface area (Å²) in [5.41, 5.74) is 3.24. The molecule has 0 aromatic heterocycles. The van der Waals surface area contributed by atoms with Gasteiger partial charge in [0, 0.05) is 29.2 Å². The molecule has 0 radical (unpaired) electrons. The number of nitrogens with one attached hydrogen (secondary N) is 1. The number of carbonyl (C=O) groups is 2. The van der Waals surface area contributed by atoms with Gasteiger partial charge in [-0.2, -0.15) is 0 Å². The van der Waals surface area contributed by atoms with E-state index in [0.717, 1.165) is 11.1 Å². The fraction of sp³-hybridized carbons (Fsp3) is 0.312. The van der Waals surface area contributed by atoms with E-state index in [1.54, 1.807) is 12.1 Å². The molecule has 1 atom stereocenters. The lowest BCUT2D eigenvalue weighted by molar-refractivity contribution is -0.126. The van der Waals surface area contributed by atoms with Gasteiger partial charge < -0.3 is 19.5 Å². The van der Waals surface area contributed by atoms with Crippen LogP contribution in [-0.2, 0) is 9.59 Å². The molecule has 0 saturated carbocycles. The molecule has 39 heavy (non-hydrogen) atoms. The smallest absolute Gasteiger partial charge is 0.304 e. The topological polar surface area (TPSA) is 77.1 Å². The van der Waals surface area contributed by atoms with Crippen molar-refractivity contribution < 1.29 is 23.8 Å². The van der Waals surface area contributed by atoms with Gasteiger partial charge in [-0.1, -0.05) is 53.4 Å². The predicted molar refractivity (Wildman–Crippen MR) is 153 cm³/mol. The minimum atomic E-state index is -1.03. The summed E-state index contributed by atoms with van der Waals surface area (Å²) in [6.07, 6.45) is 0. The highest BCUT2D eigenvalue weighted by Crippen LogP contribution is 2.43. The summed E-state index contributed by atoms with van der Waals surface area (Å²) in [6, 6.07) is 17.3. The van der Waals surface area contributed by atoms with Crippen molar-refractivity contribution in [3.05, 3.63) is 82.9 Å². The third kappa shape index (κ3) is 7.32. The summed E-state index contributed by atoms with van der Waals surface area (Å²) >= 11 is 0. The Balaban J connectivity index is 2.27. The van der Waals surface area contributed by atoms with Crippen molar-refractivity contribution >= 4 is 17.5 Å². The molecule has 7 heteroatoms. The Labute approximate surface area is 231 Å². The molecular formula is C32H36N2O5. The van der Waals surface area contributed by atoms with Crippen molar-refractivity contribution in [2.75, 3.05) is 26.2 Å². The fourth-order valence-corrected chi connectivity index (χ4v) is 4.02. The van der Waals surface area contributed by atoms with Gasteiger partial charge >= 0.3 is 5.91 Å². The Morgan fingerprint density at radius 1 is 0.821 bits per heavy atom. The van der Waals surface area contributed by atoms with Crippen LogP contribution in [0.4, 0.5) is 5.69 Å². The number of carbonyl (C=O) groups excluding carboxylic acids is 2. The van der Waals surface area contributed by atoms with E-state index in [0.29, 0.717) is 34.1 Å². The van der Waals surface area contributed by atoms with Crippen molar-refractivity contribution in [3.63, 3.8) is 0 Å². The largest absolute Gasteiger partial charge is 0.493 e. The zero-order valence-electron chi connectivity index (χ0n) is 23.8. The zero-order valence-corrected chi connectivity index (χ0v) is 23.8. The van der Waals surface area contributed by atoms with Gasteiger partial charge in [-0.15, -0.1) is 0 Å². The molecule has 3 rings (SSSR count). The molecule has 0 fully saturated rings. The van der Waals surface area contributed by atoms with Crippen LogP contribution in [0.25, 0.3) is 0 Å². The number of hydrogen-bond acceptors (Lipinski definition) is 5. The average Bonchev–Trinajstić information content (AvgIpc) is 2.89. The molecule has 0 heterocycles. The molecular weight excluding hydrogens is 492 g/mol. The number of hydrogen-bond donors (Lipinski definition) is 1. The second-order valence-corrected chi connectivity index (χ2v) is 10.2. The van der Waals surface area contributed by atoms with Crippen LogP contribution in [0.3, 0.4) is 0 Å². The van der Waals surface area contributed by atoms with Gasteiger partial charge in [-0.3, -0.25) is 14.5 Å². The third-order valence-corrected chi connectivity index (χ3v) is 5.91. The normalized spacial score (nSPS) is 11.5. The maximum absolute atomic E-state index is 13.9. The quantitative estimate of drug-likeness (QED) is 0.417. The summed E-state index contributed by atoms with van der Waals surface area (Å²) in [5, 5.41) is 3.03. The van der Waals surface area contributed by atoms with Crippen LogP contribution >= 0.6 is 0 Å². The standard InChI is InChI=1S/C32H36N2O5/c1-21-9-13-23(14-10-21)15-18-28(35)34(25-19-26(37-6)30(39-8)27(20-25)38-7)29(31(36)33-32(3,4)5)24-16-11-22(2)12-17-24/h9-14,16-17,19-20,29H,1-8H3,(H,33,36). The number of methoxy groups -OCH3 is 3. The number of anilines is 1. The first kappa shape index (κ1) is 29.1. The number of ether oxygens (including phenoxy) is 3. The first-order valence-electron chi connectivity index (χ1n) is 12.6. The summed E-state index contributed by atoms with van der Waals surface area (Å²) < 4.78 is 16.6. The van der Waals surface area contributed by atoms with Gasteiger partial charge in [0.1, 0.15) is 6.04 Å². The summed E-state index contributed by atoms with van der Waals surface area (Å²) in [7, 11) is 4.49. The SMILES string of the molecule is COc1cc(N(C(=O)C#Cc2ccc(C)cc2)C(C(=O)NC(C)(C)C)c2ccc(C)cc2)cc(OC)c1OC. The van der Waals surface area contributed by atoms with E-state index < -0.39 is 17.5 Å². The second-order valence-electron chi connectivity index (χ2n) is 10.2. The molecule has 1 N–H and O–H groups in total. The minimum Gasteiger partial charge on any atom is -0.493 e. The van der Waals surface area contributed by atoms with E-state index in [1.807, 2.05) is 83.1 Å². The van der Waals surface area contributed by atoms with E-state index >= 15 is 0 Å². The molecule has 0 aliphatic carbocycles. The fourth-order valence-electron chi connectivity index (χ4n) is 4.02. The van der Waals surface area contributed by atoms with E-state index in [1.165, 1.54) is 26.2 Å². The minimum absolute atomic E-state index is 0.343. The third-order valence-electron chi connectivity index (χ3n) is 5.91. The number of rotatable bonds is 7. The molecule has 1 unspecified atom stereocenters. The van der Waals surface area contributed by atoms with Crippen LogP contribution in [0.1, 0.15) is 49.1 Å². The Hall–Kier alpha value is -4.44. The molecule has 3 aromatic rings. The van der Waals surface area contributed by atoms with E-state index in [2.05, 4.69) is 17.2 Å². The lowest BCUT2D eigenvalue weighted by Crippen LogP contribution is -2.49. The van der Waals surface area contributed by atoms with Gasteiger partial charge in [-0.25, -0.2) is 0 Å². The lowest BCUT2D eigenvalue weighted by Gasteiger charge is -2.33. The van der Waals surface area contributed by atoms with E-state index in [9.17, 15) is 9.59 Å². The molecule has 3 aromatic carbocycles. The van der Waals surface area contributed by atoms with Crippen molar-refractivity contribution in [2.24, 2.45) is 0 Å². The zero-order chi connectivity index (χ0) is 28.7. The second kappa shape index (κ2) is 12.4. The van der Waals surface area contributed by atoms with Crippen molar-refractivity contribution in [3.8, 4) is 29.1 Å². The van der Waals surface area contributed by atoms with Crippen molar-refractivity contribution in [1.29, 1.82) is 0 Å². The molecule has 2 amide bonds. The Bertz CT molecular complexity index is 1350. The van der Waals surface area contributed by atoms with E-state index in [-0.39, 0.29) is 5.91 Å². The van der Waals surface area contributed by atoms with Gasteiger partial charge in [0.2, 0.25) is 11.7 Å². The summed E-state index contributed by atoms with van der Waals surface area (Å²) in [5.74, 6) is 5.82. The molecule has 0 aliphatic rings. The summed E-state index contributed by atoms with van der Waals surface area (Å²) in [6.45, 7) is 9.61.